The number of anilines is 1. The van der Waals surface area contributed by atoms with Gasteiger partial charge in [-0.2, -0.15) is 0 Å². The number of halogens is 2. The van der Waals surface area contributed by atoms with Gasteiger partial charge in [-0.25, -0.2) is 0 Å². The Balaban J connectivity index is 1.32. The molecule has 4 aromatic rings. The van der Waals surface area contributed by atoms with Crippen molar-refractivity contribution in [3.8, 4) is 11.5 Å². The van der Waals surface area contributed by atoms with Crippen molar-refractivity contribution in [3.05, 3.63) is 124 Å². The Labute approximate surface area is 219 Å². The quantitative estimate of drug-likeness (QED) is 0.263. The number of hydrogen-bond acceptors (Lipinski definition) is 3. The maximum Gasteiger partial charge on any atom is 0.192 e. The Morgan fingerprint density at radius 3 is 1.94 bits per heavy atom. The maximum atomic E-state index is 6.12. The van der Waals surface area contributed by atoms with Gasteiger partial charge in [-0.3, -0.25) is 10.4 Å². The third-order valence-corrected chi connectivity index (χ3v) is 6.35. The number of rotatable bonds is 5. The third kappa shape index (κ3) is 5.60. The maximum absolute atomic E-state index is 6.12. The molecular weight excluding hydrogens is 497 g/mol. The summed E-state index contributed by atoms with van der Waals surface area (Å²) in [7, 11) is 0. The van der Waals surface area contributed by atoms with Crippen LogP contribution in [-0.4, -0.2) is 16.7 Å². The van der Waals surface area contributed by atoms with E-state index in [2.05, 4.69) is 10.7 Å². The molecule has 5 rings (SSSR count). The minimum Gasteiger partial charge on any atom is -0.457 e. The van der Waals surface area contributed by atoms with Crippen molar-refractivity contribution >= 4 is 57.5 Å². The highest BCUT2D eigenvalue weighted by molar-refractivity contribution is 7.80. The predicted molar refractivity (Wildman–Crippen MR) is 149 cm³/mol. The summed E-state index contributed by atoms with van der Waals surface area (Å²) in [6.07, 6.45) is 0. The molecule has 4 nitrogen and oxygen atoms in total. The van der Waals surface area contributed by atoms with Crippen LogP contribution in [-0.2, 0) is 0 Å². The summed E-state index contributed by atoms with van der Waals surface area (Å²) in [6, 6.07) is 32.9. The molecule has 0 saturated carbocycles. The fourth-order valence-corrected chi connectivity index (χ4v) is 4.25. The van der Waals surface area contributed by atoms with Gasteiger partial charge >= 0.3 is 0 Å². The number of ether oxygens (including phenoxy) is 1. The molecule has 1 aliphatic rings. The molecule has 174 valence electrons. The Kier molecular flexibility index (Phi) is 6.91. The second-order valence-corrected chi connectivity index (χ2v) is 9.19. The number of hydrazine groups is 1. The SMILES string of the molecule is S=C(Nc1ccc(Oc2ccccc2)cc1)N1CC(c2ccc(Cl)cc2)=C(c2ccc(Cl)cc2)N1. The zero-order valence-electron chi connectivity index (χ0n) is 18.5. The minimum atomic E-state index is 0.553. The molecule has 1 aliphatic heterocycles. The first-order valence-corrected chi connectivity index (χ1v) is 12.1. The van der Waals surface area contributed by atoms with E-state index in [-0.39, 0.29) is 0 Å². The first-order chi connectivity index (χ1) is 17.0. The molecule has 0 bridgehead atoms. The smallest absolute Gasteiger partial charge is 0.192 e. The first-order valence-electron chi connectivity index (χ1n) is 11.0. The van der Waals surface area contributed by atoms with Crippen LogP contribution in [0.1, 0.15) is 11.1 Å². The second-order valence-electron chi connectivity index (χ2n) is 7.93. The van der Waals surface area contributed by atoms with Gasteiger partial charge < -0.3 is 10.1 Å². The Bertz CT molecular complexity index is 1300. The zero-order chi connectivity index (χ0) is 24.2. The zero-order valence-corrected chi connectivity index (χ0v) is 20.9. The van der Waals surface area contributed by atoms with Crippen molar-refractivity contribution in [1.82, 2.24) is 10.4 Å². The summed E-state index contributed by atoms with van der Waals surface area (Å²) in [5.41, 5.74) is 8.50. The Hall–Kier alpha value is -3.51. The normalized spacial score (nSPS) is 12.9. The number of benzene rings is 4. The van der Waals surface area contributed by atoms with Crippen molar-refractivity contribution in [2.45, 2.75) is 0 Å². The van der Waals surface area contributed by atoms with E-state index in [0.29, 0.717) is 21.7 Å². The number of nitrogens with one attached hydrogen (secondary N) is 2. The number of nitrogens with zero attached hydrogens (tertiary/aromatic N) is 1. The van der Waals surface area contributed by atoms with E-state index in [1.54, 1.807) is 0 Å². The number of hydrogen-bond donors (Lipinski definition) is 2. The summed E-state index contributed by atoms with van der Waals surface area (Å²) in [4.78, 5) is 0. The van der Waals surface area contributed by atoms with Crippen molar-refractivity contribution in [2.75, 3.05) is 11.9 Å². The Morgan fingerprint density at radius 1 is 0.743 bits per heavy atom. The lowest BCUT2D eigenvalue weighted by Gasteiger charge is -2.22. The summed E-state index contributed by atoms with van der Waals surface area (Å²) >= 11 is 18.0. The molecule has 7 heteroatoms. The standard InChI is InChI=1S/C28H21Cl2N3OS/c29-21-10-6-19(7-11-21)26-18-33(32-27(26)20-8-12-22(30)13-9-20)28(35)31-23-14-16-25(17-15-23)34-24-4-2-1-3-5-24/h1-17,32H,18H2,(H,31,35). The van der Waals surface area contributed by atoms with Crippen LogP contribution in [0.5, 0.6) is 11.5 Å². The largest absolute Gasteiger partial charge is 0.457 e. The lowest BCUT2D eigenvalue weighted by atomic mass is 10.0. The van der Waals surface area contributed by atoms with Crippen LogP contribution >= 0.6 is 35.4 Å². The van der Waals surface area contributed by atoms with E-state index in [0.717, 1.165) is 39.6 Å². The van der Waals surface area contributed by atoms with Gasteiger partial charge in [0.05, 0.1) is 12.2 Å². The van der Waals surface area contributed by atoms with Crippen LogP contribution in [0.4, 0.5) is 5.69 Å². The van der Waals surface area contributed by atoms with Crippen LogP contribution in [0.2, 0.25) is 10.0 Å². The van der Waals surface area contributed by atoms with Gasteiger partial charge in [0.1, 0.15) is 11.5 Å². The monoisotopic (exact) mass is 517 g/mol. The van der Waals surface area contributed by atoms with Crippen molar-refractivity contribution in [2.24, 2.45) is 0 Å². The molecule has 35 heavy (non-hydrogen) atoms. The van der Waals surface area contributed by atoms with Gasteiger partial charge in [-0.1, -0.05) is 65.7 Å². The number of para-hydroxylation sites is 1. The van der Waals surface area contributed by atoms with E-state index in [4.69, 9.17) is 40.2 Å². The third-order valence-electron chi connectivity index (χ3n) is 5.52. The average molecular weight is 518 g/mol. The molecule has 0 amide bonds. The first kappa shape index (κ1) is 23.2. The molecule has 0 atom stereocenters. The van der Waals surface area contributed by atoms with E-state index in [1.165, 1.54) is 0 Å². The molecule has 2 N–H and O–H groups in total. The molecule has 0 aliphatic carbocycles. The van der Waals surface area contributed by atoms with E-state index in [9.17, 15) is 0 Å². The van der Waals surface area contributed by atoms with E-state index >= 15 is 0 Å². The molecular formula is C28H21Cl2N3OS. The fourth-order valence-electron chi connectivity index (χ4n) is 3.77. The van der Waals surface area contributed by atoms with Crippen LogP contribution in [0, 0.1) is 0 Å². The summed E-state index contributed by atoms with van der Waals surface area (Å²) in [6.45, 7) is 0.584. The summed E-state index contributed by atoms with van der Waals surface area (Å²) < 4.78 is 5.87. The number of thiocarbonyl (C=S) groups is 1. The van der Waals surface area contributed by atoms with E-state index < -0.39 is 0 Å². The molecule has 0 fully saturated rings. The average Bonchev–Trinajstić information content (AvgIpc) is 3.32. The van der Waals surface area contributed by atoms with E-state index in [1.807, 2.05) is 108 Å². The molecule has 0 spiro atoms. The molecule has 4 aromatic carbocycles. The predicted octanol–water partition coefficient (Wildman–Crippen LogP) is 7.87. The van der Waals surface area contributed by atoms with Crippen LogP contribution in [0.3, 0.4) is 0 Å². The van der Waals surface area contributed by atoms with Crippen molar-refractivity contribution in [3.63, 3.8) is 0 Å². The molecule has 0 unspecified atom stereocenters. The van der Waals surface area contributed by atoms with Gasteiger partial charge in [-0.05, 0) is 84.0 Å². The highest BCUT2D eigenvalue weighted by Crippen LogP contribution is 2.32. The lowest BCUT2D eigenvalue weighted by Crippen LogP contribution is -2.40. The van der Waals surface area contributed by atoms with Crippen LogP contribution in [0.15, 0.2) is 103 Å². The highest BCUT2D eigenvalue weighted by atomic mass is 35.5. The lowest BCUT2D eigenvalue weighted by molar-refractivity contribution is 0.440. The fraction of sp³-hybridized carbons (Fsp3) is 0.0357. The summed E-state index contributed by atoms with van der Waals surface area (Å²) in [5.74, 6) is 1.55. The van der Waals surface area contributed by atoms with Gasteiger partial charge in [0.15, 0.2) is 5.11 Å². The van der Waals surface area contributed by atoms with Gasteiger partial charge in [0.25, 0.3) is 0 Å². The van der Waals surface area contributed by atoms with Gasteiger partial charge in [0, 0.05) is 21.3 Å². The Morgan fingerprint density at radius 2 is 1.31 bits per heavy atom. The van der Waals surface area contributed by atoms with Crippen LogP contribution < -0.4 is 15.5 Å². The van der Waals surface area contributed by atoms with Gasteiger partial charge in [0.2, 0.25) is 0 Å². The van der Waals surface area contributed by atoms with Crippen molar-refractivity contribution < 1.29 is 4.74 Å². The molecule has 0 aromatic heterocycles. The van der Waals surface area contributed by atoms with Gasteiger partial charge in [-0.15, -0.1) is 0 Å². The molecule has 0 saturated heterocycles. The minimum absolute atomic E-state index is 0.553. The highest BCUT2D eigenvalue weighted by Gasteiger charge is 2.25. The topological polar surface area (TPSA) is 36.5 Å². The second kappa shape index (κ2) is 10.4. The molecule has 1 heterocycles. The summed E-state index contributed by atoms with van der Waals surface area (Å²) in [5, 5.41) is 7.16. The van der Waals surface area contributed by atoms with Crippen LogP contribution in [0.25, 0.3) is 11.3 Å². The molecule has 0 radical (unpaired) electrons. The van der Waals surface area contributed by atoms with Crippen molar-refractivity contribution in [1.29, 1.82) is 0 Å².